The number of hydrogen-bond acceptors (Lipinski definition) is 6. The van der Waals surface area contributed by atoms with Crippen LogP contribution in [0.25, 0.3) is 0 Å². The lowest BCUT2D eigenvalue weighted by atomic mass is 10.2. The van der Waals surface area contributed by atoms with E-state index in [1.807, 2.05) is 0 Å². The van der Waals surface area contributed by atoms with E-state index in [0.717, 1.165) is 24.3 Å². The minimum atomic E-state index is -4.76. The van der Waals surface area contributed by atoms with Crippen LogP contribution < -0.4 is 10.1 Å². The average molecular weight is 413 g/mol. The molecule has 2 aromatic carbocycles. The van der Waals surface area contributed by atoms with Gasteiger partial charge in [-0.1, -0.05) is 12.1 Å². The molecule has 1 atom stereocenters. The van der Waals surface area contributed by atoms with Gasteiger partial charge in [0.05, 0.1) is 23.3 Å². The van der Waals surface area contributed by atoms with E-state index in [2.05, 4.69) is 5.32 Å². The highest BCUT2D eigenvalue weighted by molar-refractivity contribution is 7.91. The summed E-state index contributed by atoms with van der Waals surface area (Å²) in [5.41, 5.74) is 0.296. The Hall–Kier alpha value is -3.01. The van der Waals surface area contributed by atoms with Crippen molar-refractivity contribution >= 4 is 27.4 Å². The number of methoxy groups -OCH3 is 1. The lowest BCUT2D eigenvalue weighted by Gasteiger charge is -2.15. The SMILES string of the molecule is COc1ccccc1NC(=O)[C@H](C)OC(=O)c1ccc(S(=O)(=O)C(F)F)cc1. The topological polar surface area (TPSA) is 98.8 Å². The molecule has 0 fully saturated rings. The van der Waals surface area contributed by atoms with Crippen LogP contribution in [0, 0.1) is 0 Å². The molecule has 2 aromatic rings. The lowest BCUT2D eigenvalue weighted by molar-refractivity contribution is -0.123. The van der Waals surface area contributed by atoms with E-state index in [-0.39, 0.29) is 5.56 Å². The Morgan fingerprint density at radius 3 is 2.21 bits per heavy atom. The zero-order valence-electron chi connectivity index (χ0n) is 14.9. The number of nitrogens with one attached hydrogen (secondary N) is 1. The summed E-state index contributed by atoms with van der Waals surface area (Å²) in [6.07, 6.45) is -1.18. The number of anilines is 1. The molecule has 0 unspecified atom stereocenters. The van der Waals surface area contributed by atoms with E-state index >= 15 is 0 Å². The van der Waals surface area contributed by atoms with Gasteiger partial charge in [-0.05, 0) is 43.3 Å². The smallest absolute Gasteiger partial charge is 0.341 e. The molecule has 0 heterocycles. The van der Waals surface area contributed by atoms with E-state index in [9.17, 15) is 26.8 Å². The predicted molar refractivity (Wildman–Crippen MR) is 96.1 cm³/mol. The van der Waals surface area contributed by atoms with Crippen LogP contribution in [0.2, 0.25) is 0 Å². The molecule has 0 bridgehead atoms. The molecule has 0 spiro atoms. The minimum absolute atomic E-state index is 0.0924. The van der Waals surface area contributed by atoms with Crippen molar-refractivity contribution in [3.05, 3.63) is 54.1 Å². The van der Waals surface area contributed by atoms with E-state index in [0.29, 0.717) is 11.4 Å². The van der Waals surface area contributed by atoms with Gasteiger partial charge in [-0.2, -0.15) is 8.78 Å². The molecule has 0 aliphatic rings. The first-order valence-corrected chi connectivity index (χ1v) is 9.48. The molecule has 0 aliphatic carbocycles. The molecular formula is C18H17F2NO6S. The number of carbonyl (C=O) groups is 2. The Balaban J connectivity index is 2.04. The second-order valence-electron chi connectivity index (χ2n) is 5.57. The Morgan fingerprint density at radius 1 is 1.04 bits per heavy atom. The molecule has 0 saturated carbocycles. The summed E-state index contributed by atoms with van der Waals surface area (Å²) in [4.78, 5) is 23.7. The van der Waals surface area contributed by atoms with Crippen molar-refractivity contribution in [1.82, 2.24) is 0 Å². The molecule has 0 aromatic heterocycles. The highest BCUT2D eigenvalue weighted by atomic mass is 32.2. The number of rotatable bonds is 7. The predicted octanol–water partition coefficient (Wildman–Crippen LogP) is 2.88. The highest BCUT2D eigenvalue weighted by Crippen LogP contribution is 2.23. The van der Waals surface area contributed by atoms with Gasteiger partial charge in [-0.25, -0.2) is 13.2 Å². The zero-order chi connectivity index (χ0) is 20.9. The molecular weight excluding hydrogens is 396 g/mol. The number of alkyl halides is 2. The fraction of sp³-hybridized carbons (Fsp3) is 0.222. The van der Waals surface area contributed by atoms with Gasteiger partial charge in [0.15, 0.2) is 6.10 Å². The molecule has 10 heteroatoms. The summed E-state index contributed by atoms with van der Waals surface area (Å²) in [6, 6.07) is 10.5. The van der Waals surface area contributed by atoms with Crippen molar-refractivity contribution in [2.24, 2.45) is 0 Å². The number of sulfone groups is 1. The van der Waals surface area contributed by atoms with Crippen molar-refractivity contribution in [2.45, 2.75) is 23.7 Å². The second kappa shape index (κ2) is 8.79. The summed E-state index contributed by atoms with van der Waals surface area (Å²) in [5, 5.41) is 2.56. The first kappa shape index (κ1) is 21.3. The van der Waals surface area contributed by atoms with Gasteiger partial charge in [-0.3, -0.25) is 4.79 Å². The molecule has 1 amide bonds. The van der Waals surface area contributed by atoms with Crippen LogP contribution >= 0.6 is 0 Å². The molecule has 0 saturated heterocycles. The van der Waals surface area contributed by atoms with Gasteiger partial charge in [0, 0.05) is 0 Å². The molecule has 2 rings (SSSR count). The number of para-hydroxylation sites is 2. The van der Waals surface area contributed by atoms with Crippen LogP contribution in [-0.2, 0) is 19.4 Å². The minimum Gasteiger partial charge on any atom is -0.495 e. The third-order valence-corrected chi connectivity index (χ3v) is 5.07. The molecule has 1 N–H and O–H groups in total. The number of carbonyl (C=O) groups excluding carboxylic acids is 2. The van der Waals surface area contributed by atoms with Gasteiger partial charge in [0.25, 0.3) is 5.91 Å². The maximum Gasteiger partial charge on any atom is 0.341 e. The van der Waals surface area contributed by atoms with Gasteiger partial charge in [0.2, 0.25) is 9.84 Å². The van der Waals surface area contributed by atoms with E-state index in [1.54, 1.807) is 24.3 Å². The monoisotopic (exact) mass is 413 g/mol. The summed E-state index contributed by atoms with van der Waals surface area (Å²) in [5.74, 6) is -4.67. The Labute approximate surface area is 160 Å². The average Bonchev–Trinajstić information content (AvgIpc) is 2.68. The number of hydrogen-bond donors (Lipinski definition) is 1. The van der Waals surface area contributed by atoms with Crippen LogP contribution in [0.3, 0.4) is 0 Å². The Kier molecular flexibility index (Phi) is 6.68. The number of esters is 1. The number of amides is 1. The van der Waals surface area contributed by atoms with Crippen LogP contribution in [-0.4, -0.2) is 39.3 Å². The van der Waals surface area contributed by atoms with Crippen molar-refractivity contribution in [2.75, 3.05) is 12.4 Å². The normalized spacial score (nSPS) is 12.3. The van der Waals surface area contributed by atoms with Crippen molar-refractivity contribution < 1.29 is 36.3 Å². The zero-order valence-corrected chi connectivity index (χ0v) is 15.7. The Bertz CT molecular complexity index is 960. The molecule has 7 nitrogen and oxygen atoms in total. The fourth-order valence-corrected chi connectivity index (χ4v) is 2.87. The van der Waals surface area contributed by atoms with Gasteiger partial charge < -0.3 is 14.8 Å². The Morgan fingerprint density at radius 2 is 1.64 bits per heavy atom. The molecule has 28 heavy (non-hydrogen) atoms. The van der Waals surface area contributed by atoms with E-state index in [4.69, 9.17) is 9.47 Å². The van der Waals surface area contributed by atoms with E-state index < -0.39 is 38.5 Å². The molecule has 0 radical (unpaired) electrons. The van der Waals surface area contributed by atoms with Crippen molar-refractivity contribution in [3.63, 3.8) is 0 Å². The number of halogens is 2. The van der Waals surface area contributed by atoms with Crippen LogP contribution in [0.4, 0.5) is 14.5 Å². The number of benzene rings is 2. The standard InChI is InChI=1S/C18H17F2NO6S/c1-11(16(22)21-14-5-3-4-6-15(14)26-2)27-17(23)12-7-9-13(10-8-12)28(24,25)18(19)20/h3-11,18H,1-2H3,(H,21,22)/t11-/m0/s1. The maximum absolute atomic E-state index is 12.5. The van der Waals surface area contributed by atoms with Crippen molar-refractivity contribution in [1.29, 1.82) is 0 Å². The van der Waals surface area contributed by atoms with Crippen LogP contribution in [0.1, 0.15) is 17.3 Å². The van der Waals surface area contributed by atoms with Gasteiger partial charge in [-0.15, -0.1) is 0 Å². The largest absolute Gasteiger partial charge is 0.495 e. The van der Waals surface area contributed by atoms with E-state index in [1.165, 1.54) is 14.0 Å². The highest BCUT2D eigenvalue weighted by Gasteiger charge is 2.27. The second-order valence-corrected chi connectivity index (χ2v) is 7.48. The number of ether oxygens (including phenoxy) is 2. The summed E-state index contributed by atoms with van der Waals surface area (Å²) in [7, 11) is -3.32. The lowest BCUT2D eigenvalue weighted by Crippen LogP contribution is -2.30. The van der Waals surface area contributed by atoms with Gasteiger partial charge >= 0.3 is 11.7 Å². The quantitative estimate of drug-likeness (QED) is 0.701. The first-order chi connectivity index (χ1) is 13.2. The third kappa shape index (κ3) is 4.83. The fourth-order valence-electron chi connectivity index (χ4n) is 2.15. The van der Waals surface area contributed by atoms with Crippen LogP contribution in [0.15, 0.2) is 53.4 Å². The third-order valence-electron chi connectivity index (χ3n) is 3.67. The molecule has 0 aliphatic heterocycles. The summed E-state index contributed by atoms with van der Waals surface area (Å²) in [6.45, 7) is 1.35. The summed E-state index contributed by atoms with van der Waals surface area (Å²) >= 11 is 0. The maximum atomic E-state index is 12.5. The first-order valence-electron chi connectivity index (χ1n) is 7.93. The molecule has 150 valence electrons. The summed E-state index contributed by atoms with van der Waals surface area (Å²) < 4.78 is 57.9. The van der Waals surface area contributed by atoms with Crippen molar-refractivity contribution in [3.8, 4) is 5.75 Å². The van der Waals surface area contributed by atoms with Crippen LogP contribution in [0.5, 0.6) is 5.75 Å². The van der Waals surface area contributed by atoms with Gasteiger partial charge in [0.1, 0.15) is 5.75 Å².